The zero-order valence-electron chi connectivity index (χ0n) is 18.8. The van der Waals surface area contributed by atoms with Crippen LogP contribution in [0.15, 0.2) is 47.4 Å². The molecule has 0 aromatic heterocycles. The molecule has 0 bridgehead atoms. The minimum Gasteiger partial charge on any atom is -0.369 e. The Morgan fingerprint density at radius 2 is 1.81 bits per heavy atom. The molecule has 0 radical (unpaired) electrons. The van der Waals surface area contributed by atoms with Crippen molar-refractivity contribution in [3.63, 3.8) is 0 Å². The maximum absolute atomic E-state index is 12.5. The molecule has 1 saturated heterocycles. The fraction of sp³-hybridized carbons (Fsp3) is 0.480. The standard InChI is InChI=1S/C25H34N4OS/c1-20-8-9-21(2)23(18-20)28-14-12-27(13-15-28)11-5-10-26-25(30)19-29-16-17-31-24-7-4-3-6-22(24)29/h3-4,6-9,18H,5,10-17,19H2,1-2H3,(H,26,30). The van der Waals surface area contributed by atoms with Gasteiger partial charge >= 0.3 is 0 Å². The maximum Gasteiger partial charge on any atom is 0.239 e. The molecule has 2 aromatic rings. The summed E-state index contributed by atoms with van der Waals surface area (Å²) in [6.07, 6.45) is 1.00. The third kappa shape index (κ3) is 5.74. The van der Waals surface area contributed by atoms with E-state index in [-0.39, 0.29) is 5.91 Å². The lowest BCUT2D eigenvalue weighted by molar-refractivity contribution is -0.119. The third-order valence-corrected chi connectivity index (χ3v) is 7.25. The Balaban J connectivity index is 1.15. The van der Waals surface area contributed by atoms with E-state index < -0.39 is 0 Å². The molecule has 4 rings (SSSR count). The van der Waals surface area contributed by atoms with Gasteiger partial charge in [0.1, 0.15) is 0 Å². The molecule has 0 saturated carbocycles. The molecule has 2 heterocycles. The molecule has 0 unspecified atom stereocenters. The van der Waals surface area contributed by atoms with Gasteiger partial charge in [0.05, 0.1) is 12.2 Å². The van der Waals surface area contributed by atoms with Gasteiger partial charge in [-0.2, -0.15) is 0 Å². The summed E-state index contributed by atoms with van der Waals surface area (Å²) in [5.74, 6) is 1.17. The molecule has 5 nitrogen and oxygen atoms in total. The van der Waals surface area contributed by atoms with E-state index in [0.717, 1.165) is 58.0 Å². The molecular formula is C25H34N4OS. The second kappa shape index (κ2) is 10.4. The molecule has 0 atom stereocenters. The highest BCUT2D eigenvalue weighted by Crippen LogP contribution is 2.33. The Bertz CT molecular complexity index is 895. The number of carbonyl (C=O) groups excluding carboxylic acids is 1. The van der Waals surface area contributed by atoms with E-state index in [1.165, 1.54) is 27.4 Å². The van der Waals surface area contributed by atoms with Crippen molar-refractivity contribution in [1.82, 2.24) is 10.2 Å². The van der Waals surface area contributed by atoms with E-state index in [2.05, 4.69) is 76.3 Å². The summed E-state index contributed by atoms with van der Waals surface area (Å²) in [6, 6.07) is 15.1. The number of hydrogen-bond acceptors (Lipinski definition) is 5. The van der Waals surface area contributed by atoms with Crippen LogP contribution < -0.4 is 15.1 Å². The number of nitrogens with one attached hydrogen (secondary N) is 1. The van der Waals surface area contributed by atoms with E-state index >= 15 is 0 Å². The van der Waals surface area contributed by atoms with E-state index in [1.807, 2.05) is 11.8 Å². The van der Waals surface area contributed by atoms with Crippen molar-refractivity contribution in [1.29, 1.82) is 0 Å². The first kappa shape index (κ1) is 22.0. The van der Waals surface area contributed by atoms with Crippen LogP contribution in [-0.4, -0.2) is 68.9 Å². The van der Waals surface area contributed by atoms with Gasteiger partial charge in [0.15, 0.2) is 0 Å². The van der Waals surface area contributed by atoms with Crippen molar-refractivity contribution in [2.75, 3.05) is 67.9 Å². The zero-order valence-corrected chi connectivity index (χ0v) is 19.6. The monoisotopic (exact) mass is 438 g/mol. The van der Waals surface area contributed by atoms with Gasteiger partial charge in [0.2, 0.25) is 5.91 Å². The molecule has 6 heteroatoms. The molecule has 1 fully saturated rings. The van der Waals surface area contributed by atoms with Crippen LogP contribution in [0.1, 0.15) is 17.5 Å². The highest BCUT2D eigenvalue weighted by atomic mass is 32.2. The minimum absolute atomic E-state index is 0.126. The highest BCUT2D eigenvalue weighted by Gasteiger charge is 2.20. The van der Waals surface area contributed by atoms with Crippen molar-refractivity contribution in [3.8, 4) is 0 Å². The average Bonchev–Trinajstić information content (AvgIpc) is 2.79. The highest BCUT2D eigenvalue weighted by molar-refractivity contribution is 7.99. The lowest BCUT2D eigenvalue weighted by Gasteiger charge is -2.37. The second-order valence-corrected chi connectivity index (χ2v) is 9.70. The fourth-order valence-corrected chi connectivity index (χ4v) is 5.47. The molecule has 1 N–H and O–H groups in total. The van der Waals surface area contributed by atoms with Gasteiger partial charge < -0.3 is 15.1 Å². The SMILES string of the molecule is Cc1ccc(C)c(N2CCN(CCCNC(=O)CN3CCSc4ccccc43)CC2)c1. The van der Waals surface area contributed by atoms with Gasteiger partial charge in [0, 0.05) is 55.6 Å². The van der Waals surface area contributed by atoms with Crippen molar-refractivity contribution in [2.45, 2.75) is 25.2 Å². The zero-order chi connectivity index (χ0) is 21.6. The predicted octanol–water partition coefficient (Wildman–Crippen LogP) is 3.54. The van der Waals surface area contributed by atoms with Crippen LogP contribution in [0.4, 0.5) is 11.4 Å². The van der Waals surface area contributed by atoms with Crippen LogP contribution in [0.3, 0.4) is 0 Å². The van der Waals surface area contributed by atoms with Crippen LogP contribution in [0.2, 0.25) is 0 Å². The van der Waals surface area contributed by atoms with E-state index in [9.17, 15) is 4.79 Å². The van der Waals surface area contributed by atoms with Gasteiger partial charge in [-0.05, 0) is 56.1 Å². The maximum atomic E-state index is 12.5. The fourth-order valence-electron chi connectivity index (χ4n) is 4.42. The number of nitrogens with zero attached hydrogens (tertiary/aromatic N) is 3. The molecule has 0 aliphatic carbocycles. The van der Waals surface area contributed by atoms with Crippen molar-refractivity contribution >= 4 is 29.0 Å². The first-order chi connectivity index (χ1) is 15.1. The molecule has 1 amide bonds. The number of thioether (sulfide) groups is 1. The molecule has 166 valence electrons. The van der Waals surface area contributed by atoms with Gasteiger partial charge in [-0.25, -0.2) is 0 Å². The summed E-state index contributed by atoms with van der Waals surface area (Å²) >= 11 is 1.87. The number of anilines is 2. The number of piperazine rings is 1. The van der Waals surface area contributed by atoms with Crippen molar-refractivity contribution in [2.24, 2.45) is 0 Å². The number of hydrogen-bond donors (Lipinski definition) is 1. The topological polar surface area (TPSA) is 38.8 Å². The quantitative estimate of drug-likeness (QED) is 0.670. The van der Waals surface area contributed by atoms with Crippen molar-refractivity contribution < 1.29 is 4.79 Å². The molecule has 2 aromatic carbocycles. The molecule has 0 spiro atoms. The second-order valence-electron chi connectivity index (χ2n) is 8.56. The van der Waals surface area contributed by atoms with E-state index in [1.54, 1.807) is 0 Å². The van der Waals surface area contributed by atoms with Gasteiger partial charge in [-0.1, -0.05) is 24.3 Å². The largest absolute Gasteiger partial charge is 0.369 e. The Morgan fingerprint density at radius 1 is 1.00 bits per heavy atom. The van der Waals surface area contributed by atoms with E-state index in [4.69, 9.17) is 0 Å². The first-order valence-electron chi connectivity index (χ1n) is 11.4. The Hall–Kier alpha value is -2.18. The van der Waals surface area contributed by atoms with Crippen LogP contribution in [-0.2, 0) is 4.79 Å². The Kier molecular flexibility index (Phi) is 7.41. The smallest absolute Gasteiger partial charge is 0.239 e. The number of fused-ring (bicyclic) bond motifs is 1. The lowest BCUT2D eigenvalue weighted by atomic mass is 10.1. The molecular weight excluding hydrogens is 404 g/mol. The minimum atomic E-state index is 0.126. The number of rotatable bonds is 7. The molecule has 31 heavy (non-hydrogen) atoms. The molecule has 2 aliphatic rings. The number of carbonyl (C=O) groups is 1. The van der Waals surface area contributed by atoms with Gasteiger partial charge in [-0.3, -0.25) is 9.69 Å². The summed E-state index contributed by atoms with van der Waals surface area (Å²) in [5.41, 5.74) is 5.25. The number of aryl methyl sites for hydroxylation is 2. The normalized spacial score (nSPS) is 16.8. The van der Waals surface area contributed by atoms with Crippen LogP contribution >= 0.6 is 11.8 Å². The van der Waals surface area contributed by atoms with Crippen LogP contribution in [0.25, 0.3) is 0 Å². The predicted molar refractivity (Wildman–Crippen MR) is 132 cm³/mol. The van der Waals surface area contributed by atoms with Crippen LogP contribution in [0, 0.1) is 13.8 Å². The number of amides is 1. The summed E-state index contributed by atoms with van der Waals surface area (Å²) in [7, 11) is 0. The van der Waals surface area contributed by atoms with Gasteiger partial charge in [-0.15, -0.1) is 11.8 Å². The summed E-state index contributed by atoms with van der Waals surface area (Å²) < 4.78 is 0. The summed E-state index contributed by atoms with van der Waals surface area (Å²) in [4.78, 5) is 21.0. The van der Waals surface area contributed by atoms with Gasteiger partial charge in [0.25, 0.3) is 0 Å². The third-order valence-electron chi connectivity index (χ3n) is 6.21. The van der Waals surface area contributed by atoms with Crippen molar-refractivity contribution in [3.05, 3.63) is 53.6 Å². The Morgan fingerprint density at radius 3 is 2.65 bits per heavy atom. The lowest BCUT2D eigenvalue weighted by Crippen LogP contribution is -2.47. The average molecular weight is 439 g/mol. The first-order valence-corrected chi connectivity index (χ1v) is 12.4. The van der Waals surface area contributed by atoms with Crippen LogP contribution in [0.5, 0.6) is 0 Å². The Labute approximate surface area is 190 Å². The van der Waals surface area contributed by atoms with E-state index in [0.29, 0.717) is 6.54 Å². The summed E-state index contributed by atoms with van der Waals surface area (Å²) in [5, 5.41) is 3.12. The number of benzene rings is 2. The summed E-state index contributed by atoms with van der Waals surface area (Å²) in [6.45, 7) is 11.9. The molecule has 2 aliphatic heterocycles. The number of para-hydroxylation sites is 1.